The maximum Gasteiger partial charge on any atom is 0.331 e. The van der Waals surface area contributed by atoms with Crippen LogP contribution >= 0.6 is 0 Å². The fourth-order valence-corrected chi connectivity index (χ4v) is 4.60. The summed E-state index contributed by atoms with van der Waals surface area (Å²) in [5.41, 5.74) is 4.34. The Morgan fingerprint density at radius 3 is 2.32 bits per heavy atom. The van der Waals surface area contributed by atoms with E-state index in [1.807, 2.05) is 13.0 Å². The molecule has 3 fully saturated rings. The lowest BCUT2D eigenvalue weighted by molar-refractivity contribution is -0.131. The van der Waals surface area contributed by atoms with Crippen LogP contribution in [0.3, 0.4) is 0 Å². The molecule has 1 aliphatic carbocycles. The molecule has 0 atom stereocenters. The molecule has 1 aromatic rings. The Morgan fingerprint density at radius 2 is 1.64 bits per heavy atom. The van der Waals surface area contributed by atoms with Crippen LogP contribution in [0.15, 0.2) is 17.7 Å². The Labute approximate surface area is 165 Å². The topological polar surface area (TPSA) is 69.7 Å². The van der Waals surface area contributed by atoms with Gasteiger partial charge in [0, 0.05) is 24.8 Å². The van der Waals surface area contributed by atoms with Crippen molar-refractivity contribution in [3.05, 3.63) is 34.4 Å². The minimum Gasteiger partial charge on any atom is -0.371 e. The number of urea groups is 1. The van der Waals surface area contributed by atoms with E-state index < -0.39 is 17.8 Å². The molecule has 0 radical (unpaired) electrons. The number of carbonyl (C=O) groups excluding carboxylic acids is 3. The van der Waals surface area contributed by atoms with Gasteiger partial charge in [-0.15, -0.1) is 0 Å². The first-order chi connectivity index (χ1) is 13.5. The number of hydrogen-bond acceptors (Lipinski definition) is 4. The zero-order valence-corrected chi connectivity index (χ0v) is 16.6. The highest BCUT2D eigenvalue weighted by molar-refractivity contribution is 6.31. The molecule has 1 aromatic carbocycles. The van der Waals surface area contributed by atoms with Crippen LogP contribution in [-0.2, 0) is 9.59 Å². The molecule has 6 heteroatoms. The molecular formula is C22H27N3O3. The van der Waals surface area contributed by atoms with Crippen molar-refractivity contribution in [2.24, 2.45) is 0 Å². The fourth-order valence-electron chi connectivity index (χ4n) is 4.60. The fraction of sp³-hybridized carbons (Fsp3) is 0.500. The highest BCUT2D eigenvalue weighted by atomic mass is 16.2. The molecule has 1 saturated carbocycles. The van der Waals surface area contributed by atoms with Crippen molar-refractivity contribution in [3.63, 3.8) is 0 Å². The van der Waals surface area contributed by atoms with Crippen LogP contribution in [0, 0.1) is 13.8 Å². The maximum absolute atomic E-state index is 13.0. The SMILES string of the molecule is Cc1c(/C=C2\C(=O)NC(=O)N(C3CCCC3)C2=O)ccc(N2CCCC2)c1C. The van der Waals surface area contributed by atoms with E-state index in [0.29, 0.717) is 0 Å². The number of benzene rings is 1. The zero-order chi connectivity index (χ0) is 19.8. The van der Waals surface area contributed by atoms with Crippen molar-refractivity contribution >= 4 is 29.6 Å². The third kappa shape index (κ3) is 3.21. The lowest BCUT2D eigenvalue weighted by Gasteiger charge is -2.31. The number of amides is 4. The van der Waals surface area contributed by atoms with Gasteiger partial charge in [-0.2, -0.15) is 0 Å². The third-order valence-corrected chi connectivity index (χ3v) is 6.37. The lowest BCUT2D eigenvalue weighted by atomic mass is 9.97. The average Bonchev–Trinajstić information content (AvgIpc) is 3.36. The summed E-state index contributed by atoms with van der Waals surface area (Å²) in [7, 11) is 0. The Bertz CT molecular complexity index is 862. The van der Waals surface area contributed by atoms with Crippen molar-refractivity contribution in [1.29, 1.82) is 0 Å². The first-order valence-corrected chi connectivity index (χ1v) is 10.2. The number of hydrogen-bond donors (Lipinski definition) is 1. The van der Waals surface area contributed by atoms with Gasteiger partial charge in [-0.25, -0.2) is 4.79 Å². The van der Waals surface area contributed by atoms with Crippen LogP contribution in [0.2, 0.25) is 0 Å². The molecule has 28 heavy (non-hydrogen) atoms. The van der Waals surface area contributed by atoms with Crippen LogP contribution in [0.4, 0.5) is 10.5 Å². The predicted octanol–water partition coefficient (Wildman–Crippen LogP) is 3.31. The zero-order valence-electron chi connectivity index (χ0n) is 16.6. The van der Waals surface area contributed by atoms with E-state index in [9.17, 15) is 14.4 Å². The van der Waals surface area contributed by atoms with Gasteiger partial charge in [-0.05, 0) is 68.4 Å². The van der Waals surface area contributed by atoms with E-state index in [0.717, 1.165) is 49.9 Å². The van der Waals surface area contributed by atoms with Crippen LogP contribution in [0.5, 0.6) is 0 Å². The molecule has 1 N–H and O–H groups in total. The van der Waals surface area contributed by atoms with E-state index >= 15 is 0 Å². The Balaban J connectivity index is 1.67. The van der Waals surface area contributed by atoms with Gasteiger partial charge in [0.05, 0.1) is 0 Å². The molecule has 2 saturated heterocycles. The summed E-state index contributed by atoms with van der Waals surface area (Å²) >= 11 is 0. The van der Waals surface area contributed by atoms with Gasteiger partial charge < -0.3 is 4.90 Å². The summed E-state index contributed by atoms with van der Waals surface area (Å²) in [6.45, 7) is 6.24. The number of anilines is 1. The number of barbiturate groups is 1. The smallest absolute Gasteiger partial charge is 0.331 e. The minimum atomic E-state index is -0.607. The standard InChI is InChI=1S/C22H27N3O3/c1-14-15(2)19(24-11-5-6-12-24)10-9-16(14)13-18-20(26)23-22(28)25(21(18)27)17-7-3-4-8-17/h9-10,13,17H,3-8,11-12H2,1-2H3,(H,23,26,28)/b18-13+. The Morgan fingerprint density at radius 1 is 0.964 bits per heavy atom. The second-order valence-electron chi connectivity index (χ2n) is 8.05. The molecule has 4 amide bonds. The van der Waals surface area contributed by atoms with Crippen molar-refractivity contribution < 1.29 is 14.4 Å². The summed E-state index contributed by atoms with van der Waals surface area (Å²) < 4.78 is 0. The highest BCUT2D eigenvalue weighted by Crippen LogP contribution is 2.31. The number of imide groups is 2. The summed E-state index contributed by atoms with van der Waals surface area (Å²) in [6, 6.07) is 3.35. The van der Waals surface area contributed by atoms with Gasteiger partial charge in [-0.3, -0.25) is 19.8 Å². The molecule has 0 unspecified atom stereocenters. The van der Waals surface area contributed by atoms with Gasteiger partial charge in [0.15, 0.2) is 0 Å². The van der Waals surface area contributed by atoms with Gasteiger partial charge >= 0.3 is 6.03 Å². The third-order valence-electron chi connectivity index (χ3n) is 6.37. The molecule has 148 valence electrons. The number of nitrogens with zero attached hydrogens (tertiary/aromatic N) is 2. The second-order valence-corrected chi connectivity index (χ2v) is 8.05. The average molecular weight is 381 g/mol. The second kappa shape index (κ2) is 7.41. The van der Waals surface area contributed by atoms with E-state index in [1.165, 1.54) is 29.0 Å². The molecule has 0 aromatic heterocycles. The van der Waals surface area contributed by atoms with E-state index in [1.54, 1.807) is 6.08 Å². The molecular weight excluding hydrogens is 354 g/mol. The lowest BCUT2D eigenvalue weighted by Crippen LogP contribution is -2.57. The predicted molar refractivity (Wildman–Crippen MR) is 108 cm³/mol. The normalized spacial score (nSPS) is 22.5. The van der Waals surface area contributed by atoms with Gasteiger partial charge in [-0.1, -0.05) is 18.9 Å². The van der Waals surface area contributed by atoms with Crippen molar-refractivity contribution in [2.75, 3.05) is 18.0 Å². The summed E-state index contributed by atoms with van der Waals surface area (Å²) in [4.78, 5) is 41.3. The van der Waals surface area contributed by atoms with Gasteiger partial charge in [0.1, 0.15) is 5.57 Å². The van der Waals surface area contributed by atoms with E-state index in [2.05, 4.69) is 23.2 Å². The largest absolute Gasteiger partial charge is 0.371 e. The summed E-state index contributed by atoms with van der Waals surface area (Å²) in [6.07, 6.45) is 7.69. The van der Waals surface area contributed by atoms with Crippen LogP contribution in [0.25, 0.3) is 6.08 Å². The Hall–Kier alpha value is -2.63. The highest BCUT2D eigenvalue weighted by Gasteiger charge is 2.40. The van der Waals surface area contributed by atoms with Crippen LogP contribution in [-0.4, -0.2) is 41.9 Å². The molecule has 0 bridgehead atoms. The van der Waals surface area contributed by atoms with E-state index in [-0.39, 0.29) is 11.6 Å². The molecule has 2 heterocycles. The summed E-state index contributed by atoms with van der Waals surface area (Å²) in [5, 5.41) is 2.35. The monoisotopic (exact) mass is 381 g/mol. The maximum atomic E-state index is 13.0. The Kier molecular flexibility index (Phi) is 4.96. The summed E-state index contributed by atoms with van der Waals surface area (Å²) in [5.74, 6) is -1.08. The first kappa shape index (κ1) is 18.7. The molecule has 4 rings (SSSR count). The van der Waals surface area contributed by atoms with Crippen LogP contribution in [0.1, 0.15) is 55.2 Å². The number of rotatable bonds is 3. The number of nitrogens with one attached hydrogen (secondary N) is 1. The van der Waals surface area contributed by atoms with Gasteiger partial charge in [0.2, 0.25) is 0 Å². The molecule has 6 nitrogen and oxygen atoms in total. The van der Waals surface area contributed by atoms with Crippen molar-refractivity contribution in [2.45, 2.75) is 58.4 Å². The molecule has 2 aliphatic heterocycles. The van der Waals surface area contributed by atoms with Crippen molar-refractivity contribution in [3.8, 4) is 0 Å². The van der Waals surface area contributed by atoms with E-state index in [4.69, 9.17) is 0 Å². The molecule has 3 aliphatic rings. The van der Waals surface area contributed by atoms with Crippen LogP contribution < -0.4 is 10.2 Å². The first-order valence-electron chi connectivity index (χ1n) is 10.2. The van der Waals surface area contributed by atoms with Gasteiger partial charge in [0.25, 0.3) is 11.8 Å². The molecule has 0 spiro atoms. The quantitative estimate of drug-likeness (QED) is 0.644. The minimum absolute atomic E-state index is 0.0444. The van der Waals surface area contributed by atoms with Crippen molar-refractivity contribution in [1.82, 2.24) is 10.2 Å². The number of carbonyl (C=O) groups is 3.